The third-order valence-electron chi connectivity index (χ3n) is 12.3. The van der Waals surface area contributed by atoms with E-state index in [0.717, 1.165) is 122 Å². The molecule has 0 aromatic heterocycles. The Balaban J connectivity index is 5.42. The van der Waals surface area contributed by atoms with Gasteiger partial charge in [-0.3, -0.25) is 18.6 Å². The van der Waals surface area contributed by atoms with Crippen molar-refractivity contribution in [2.75, 3.05) is 40.9 Å². The van der Waals surface area contributed by atoms with Gasteiger partial charge in [0.2, 0.25) is 5.91 Å². The van der Waals surface area contributed by atoms with E-state index in [0.29, 0.717) is 23.9 Å². The average molecular weight is 1080 g/mol. The number of phosphoric ester groups is 1. The zero-order valence-electron chi connectivity index (χ0n) is 49.2. The Kier molecular flexibility index (Phi) is 51.7. The first-order valence-electron chi connectivity index (χ1n) is 30.0. The van der Waals surface area contributed by atoms with E-state index >= 15 is 0 Å². The Labute approximate surface area is 466 Å². The summed E-state index contributed by atoms with van der Waals surface area (Å²) in [5.41, 5.74) is 0. The first-order chi connectivity index (χ1) is 36.9. The van der Waals surface area contributed by atoms with Crippen LogP contribution in [0, 0.1) is 0 Å². The number of rotatable bonds is 52. The van der Waals surface area contributed by atoms with E-state index < -0.39 is 20.0 Å². The lowest BCUT2D eigenvalue weighted by Gasteiger charge is -2.27. The lowest BCUT2D eigenvalue weighted by atomic mass is 10.1. The molecular weight excluding hydrogens is 964 g/mol. The van der Waals surface area contributed by atoms with Crippen LogP contribution in [-0.4, -0.2) is 74.3 Å². The summed E-state index contributed by atoms with van der Waals surface area (Å²) in [6, 6.07) is -0.896. The van der Waals surface area contributed by atoms with Gasteiger partial charge in [0.1, 0.15) is 19.3 Å². The van der Waals surface area contributed by atoms with Crippen molar-refractivity contribution in [1.29, 1.82) is 0 Å². The lowest BCUT2D eigenvalue weighted by Crippen LogP contribution is -2.47. The Morgan fingerprint density at radius 2 is 0.855 bits per heavy atom. The predicted octanol–water partition coefficient (Wildman–Crippen LogP) is 18.5. The van der Waals surface area contributed by atoms with Crippen molar-refractivity contribution in [2.45, 2.75) is 232 Å². The first kappa shape index (κ1) is 72.2. The highest BCUT2D eigenvalue weighted by Gasteiger charge is 2.30. The molecule has 0 heterocycles. The van der Waals surface area contributed by atoms with E-state index in [1.165, 1.54) is 51.4 Å². The summed E-state index contributed by atoms with van der Waals surface area (Å²) >= 11 is 0. The molecule has 0 radical (unpaired) electrons. The van der Waals surface area contributed by atoms with Gasteiger partial charge in [0.05, 0.1) is 33.8 Å². The first-order valence-corrected chi connectivity index (χ1v) is 31.5. The fraction of sp³-hybridized carbons (Fsp3) is 0.636. The van der Waals surface area contributed by atoms with Crippen LogP contribution in [-0.2, 0) is 27.9 Å². The zero-order chi connectivity index (χ0) is 55.7. The Morgan fingerprint density at radius 1 is 0.474 bits per heavy atom. The number of ether oxygens (including phenoxy) is 1. The highest BCUT2D eigenvalue weighted by atomic mass is 31.2. The Bertz CT molecular complexity index is 1760. The monoisotopic (exact) mass is 1080 g/mol. The van der Waals surface area contributed by atoms with Crippen LogP contribution in [0.4, 0.5) is 0 Å². The van der Waals surface area contributed by atoms with Gasteiger partial charge in [-0.1, -0.05) is 225 Å². The summed E-state index contributed by atoms with van der Waals surface area (Å²) in [5.74, 6) is -0.607. The van der Waals surface area contributed by atoms with Gasteiger partial charge in [0, 0.05) is 12.8 Å². The summed E-state index contributed by atoms with van der Waals surface area (Å²) in [6.45, 7) is 6.70. The molecule has 432 valence electrons. The van der Waals surface area contributed by atoms with Crippen LogP contribution in [0.1, 0.15) is 220 Å². The van der Waals surface area contributed by atoms with E-state index in [-0.39, 0.29) is 37.9 Å². The summed E-state index contributed by atoms with van der Waals surface area (Å²) in [7, 11) is 1.43. The van der Waals surface area contributed by atoms with Gasteiger partial charge in [-0.05, 0) is 115 Å². The topological polar surface area (TPSA) is 111 Å². The number of likely N-dealkylation sites (N-methyl/N-ethyl adjacent to an activating group) is 1. The van der Waals surface area contributed by atoms with Crippen molar-refractivity contribution in [3.63, 3.8) is 0 Å². The van der Waals surface area contributed by atoms with Crippen molar-refractivity contribution in [1.82, 2.24) is 5.32 Å². The number of unbranched alkanes of at least 4 members (excludes halogenated alkanes) is 16. The van der Waals surface area contributed by atoms with Crippen molar-refractivity contribution in [3.8, 4) is 0 Å². The summed E-state index contributed by atoms with van der Waals surface area (Å²) < 4.78 is 30.6. The number of hydrogen-bond donors (Lipinski definition) is 2. The molecule has 0 saturated carbocycles. The zero-order valence-corrected chi connectivity index (χ0v) is 50.1. The third kappa shape index (κ3) is 54.9. The van der Waals surface area contributed by atoms with E-state index in [9.17, 15) is 19.0 Å². The number of nitrogens with zero attached hydrogens (tertiary/aromatic N) is 1. The minimum atomic E-state index is -4.48. The van der Waals surface area contributed by atoms with Crippen LogP contribution < -0.4 is 5.32 Å². The maximum absolute atomic E-state index is 13.5. The van der Waals surface area contributed by atoms with E-state index in [1.807, 2.05) is 33.3 Å². The Hall–Kier alpha value is -3.85. The highest BCUT2D eigenvalue weighted by molar-refractivity contribution is 7.47. The van der Waals surface area contributed by atoms with Crippen molar-refractivity contribution in [3.05, 3.63) is 134 Å². The number of allylic oxidation sites excluding steroid dienone is 21. The van der Waals surface area contributed by atoms with Crippen molar-refractivity contribution in [2.24, 2.45) is 0 Å². The fourth-order valence-corrected chi connectivity index (χ4v) is 8.50. The van der Waals surface area contributed by atoms with Crippen molar-refractivity contribution >= 4 is 19.7 Å². The molecule has 2 N–H and O–H groups in total. The van der Waals surface area contributed by atoms with Crippen LogP contribution in [0.2, 0.25) is 0 Å². The minimum absolute atomic E-state index is 0.0185. The van der Waals surface area contributed by atoms with Crippen LogP contribution >= 0.6 is 7.82 Å². The summed E-state index contributed by atoms with van der Waals surface area (Å²) in [6.07, 6.45) is 77.4. The molecule has 0 rings (SSSR count). The van der Waals surface area contributed by atoms with Gasteiger partial charge >= 0.3 is 13.8 Å². The van der Waals surface area contributed by atoms with E-state index in [4.69, 9.17) is 13.8 Å². The number of carbonyl (C=O) groups is 2. The highest BCUT2D eigenvalue weighted by Crippen LogP contribution is 2.43. The molecule has 3 atom stereocenters. The molecule has 3 unspecified atom stereocenters. The summed E-state index contributed by atoms with van der Waals surface area (Å²) in [5, 5.41) is 3.01. The standard InChI is InChI=1S/C66H111N2O7P/c1-7-10-13-16-19-22-25-28-30-32-33-34-35-37-39-41-44-47-50-53-56-59-66(70)75-64(57-54-51-48-45-42-27-24-21-18-15-12-9-3)63(62-74-76(71,72)73-61-60-68(4,5)6)67-65(69)58-55-52-49-46-43-40-38-36-31-29-26-23-20-17-14-11-8-2/h10-11,13-14,19-20,22-23,28-31,33-34,37-40,46,49,54,57,63-64H,7-9,12,15-18,21,24-27,32,35-36,41-45,47-48,50-53,55-56,58-62H2,1-6H3,(H-,67,69,71,72)/p+1/b13-10-,14-11-,22-19-,23-20-,30-28-,31-29-,34-33-,39-37-,40-38-,49-46-,57-54+. The molecule has 0 aliphatic carbocycles. The van der Waals surface area contributed by atoms with Gasteiger partial charge in [0.25, 0.3) is 0 Å². The number of amides is 1. The molecule has 0 spiro atoms. The maximum Gasteiger partial charge on any atom is 0.472 e. The molecule has 1 amide bonds. The minimum Gasteiger partial charge on any atom is -0.456 e. The van der Waals surface area contributed by atoms with Crippen LogP contribution in [0.3, 0.4) is 0 Å². The van der Waals surface area contributed by atoms with Crippen LogP contribution in [0.25, 0.3) is 0 Å². The number of quaternary nitrogens is 1. The molecule has 9 nitrogen and oxygen atoms in total. The van der Waals surface area contributed by atoms with Gasteiger partial charge in [0.15, 0.2) is 0 Å². The van der Waals surface area contributed by atoms with Crippen LogP contribution in [0.15, 0.2) is 134 Å². The number of hydrogen-bond acceptors (Lipinski definition) is 6. The second kappa shape index (κ2) is 54.5. The number of phosphoric acid groups is 1. The average Bonchev–Trinajstić information content (AvgIpc) is 3.38. The van der Waals surface area contributed by atoms with Gasteiger partial charge < -0.3 is 19.4 Å². The fourth-order valence-electron chi connectivity index (χ4n) is 7.77. The molecule has 0 fully saturated rings. The molecule has 0 bridgehead atoms. The molecule has 10 heteroatoms. The molecule has 0 saturated heterocycles. The lowest BCUT2D eigenvalue weighted by molar-refractivity contribution is -0.870. The van der Waals surface area contributed by atoms with Crippen LogP contribution in [0.5, 0.6) is 0 Å². The summed E-state index contributed by atoms with van der Waals surface area (Å²) in [4.78, 5) is 37.6. The molecule has 0 aliphatic rings. The molecule has 0 aromatic rings. The van der Waals surface area contributed by atoms with Gasteiger partial charge in [-0.2, -0.15) is 0 Å². The number of esters is 1. The molecule has 0 aliphatic heterocycles. The largest absolute Gasteiger partial charge is 0.472 e. The quantitative estimate of drug-likeness (QED) is 0.0205. The maximum atomic E-state index is 13.5. The van der Waals surface area contributed by atoms with Gasteiger partial charge in [-0.25, -0.2) is 4.57 Å². The second-order valence-electron chi connectivity index (χ2n) is 20.8. The predicted molar refractivity (Wildman–Crippen MR) is 327 cm³/mol. The normalized spacial score (nSPS) is 14.7. The second-order valence-corrected chi connectivity index (χ2v) is 22.2. The van der Waals surface area contributed by atoms with E-state index in [1.54, 1.807) is 0 Å². The van der Waals surface area contributed by atoms with E-state index in [2.05, 4.69) is 148 Å². The Morgan fingerprint density at radius 3 is 1.29 bits per heavy atom. The third-order valence-corrected chi connectivity index (χ3v) is 13.3. The molecule has 76 heavy (non-hydrogen) atoms. The SMILES string of the molecule is CC/C=C\C/C=C\C/C=C\C/C=C\C/C=C\CCCCCCCC(=O)OC(/C=C/CCCCCCCCCCCC)C(COP(=O)(O)OCC[N+](C)(C)C)NC(=O)CCC/C=C\C/C=C\C/C=C\C/C=C\C/C=C\CC. The number of carbonyl (C=O) groups excluding carboxylic acids is 2. The van der Waals surface area contributed by atoms with Gasteiger partial charge in [-0.15, -0.1) is 0 Å². The molecular formula is C66H112N2O7P+. The van der Waals surface area contributed by atoms with Crippen molar-refractivity contribution < 1.29 is 37.3 Å². The smallest absolute Gasteiger partial charge is 0.456 e. The number of nitrogens with one attached hydrogen (secondary N) is 1. The molecule has 0 aromatic carbocycles.